The Labute approximate surface area is 139 Å². The van der Waals surface area contributed by atoms with Gasteiger partial charge in [0.15, 0.2) is 0 Å². The number of amides is 1. The van der Waals surface area contributed by atoms with Gasteiger partial charge < -0.3 is 14.6 Å². The number of carbonyl (C=O) groups excluding carboxylic acids is 1. The van der Waals surface area contributed by atoms with Crippen LogP contribution in [-0.4, -0.2) is 54.9 Å². The molecule has 0 bridgehead atoms. The van der Waals surface area contributed by atoms with Gasteiger partial charge in [-0.1, -0.05) is 17.3 Å². The van der Waals surface area contributed by atoms with Crippen molar-refractivity contribution < 1.29 is 18.4 Å². The van der Waals surface area contributed by atoms with Gasteiger partial charge in [0.05, 0.1) is 13.2 Å². The van der Waals surface area contributed by atoms with E-state index in [1.165, 1.54) is 18.2 Å². The van der Waals surface area contributed by atoms with E-state index in [0.717, 1.165) is 26.3 Å². The minimum atomic E-state index is -0.360. The van der Waals surface area contributed by atoms with Crippen molar-refractivity contribution in [3.05, 3.63) is 41.9 Å². The highest BCUT2D eigenvalue weighted by Gasteiger charge is 2.19. The number of rotatable bonds is 5. The van der Waals surface area contributed by atoms with Crippen molar-refractivity contribution >= 4 is 5.91 Å². The molecule has 1 amide bonds. The normalized spacial score (nSPS) is 16.8. The molecule has 1 fully saturated rings. The van der Waals surface area contributed by atoms with Crippen molar-refractivity contribution in [1.29, 1.82) is 0 Å². The molecule has 0 aliphatic carbocycles. The Bertz CT molecular complexity index is 698. The zero-order valence-corrected chi connectivity index (χ0v) is 13.5. The van der Waals surface area contributed by atoms with E-state index in [1.54, 1.807) is 12.1 Å². The highest BCUT2D eigenvalue weighted by Crippen LogP contribution is 2.19. The highest BCUT2D eigenvalue weighted by molar-refractivity contribution is 5.92. The van der Waals surface area contributed by atoms with Crippen LogP contribution in [0, 0.1) is 5.82 Å². The van der Waals surface area contributed by atoms with Crippen molar-refractivity contribution in [3.63, 3.8) is 0 Å². The monoisotopic (exact) mass is 333 g/mol. The Balaban J connectivity index is 1.57. The Kier molecular flexibility index (Phi) is 5.22. The minimum absolute atomic E-state index is 0.114. The van der Waals surface area contributed by atoms with Crippen molar-refractivity contribution in [2.75, 3.05) is 32.8 Å². The summed E-state index contributed by atoms with van der Waals surface area (Å²) in [4.78, 5) is 14.4. The fourth-order valence-corrected chi connectivity index (χ4v) is 2.64. The van der Waals surface area contributed by atoms with E-state index in [-0.39, 0.29) is 23.5 Å². The van der Waals surface area contributed by atoms with E-state index in [9.17, 15) is 9.18 Å². The summed E-state index contributed by atoms with van der Waals surface area (Å²) in [7, 11) is 0. The number of hydrogen-bond acceptors (Lipinski definition) is 5. The van der Waals surface area contributed by atoms with Crippen molar-refractivity contribution in [2.24, 2.45) is 0 Å². The van der Waals surface area contributed by atoms with Crippen LogP contribution in [0.2, 0.25) is 0 Å². The molecule has 1 atom stereocenters. The first-order valence-electron chi connectivity index (χ1n) is 7.96. The van der Waals surface area contributed by atoms with E-state index in [0.29, 0.717) is 17.8 Å². The first kappa shape index (κ1) is 16.6. The highest BCUT2D eigenvalue weighted by atomic mass is 19.1. The van der Waals surface area contributed by atoms with Crippen LogP contribution in [0.1, 0.15) is 17.5 Å². The molecule has 7 heteroatoms. The maximum atomic E-state index is 13.3. The van der Waals surface area contributed by atoms with Gasteiger partial charge in [-0.25, -0.2) is 4.39 Å². The van der Waals surface area contributed by atoms with E-state index >= 15 is 0 Å². The maximum Gasteiger partial charge on any atom is 0.289 e. The molecule has 1 aromatic heterocycles. The average Bonchev–Trinajstić information content (AvgIpc) is 3.10. The molecular weight excluding hydrogens is 313 g/mol. The molecule has 2 aromatic rings. The molecule has 0 radical (unpaired) electrons. The Morgan fingerprint density at radius 2 is 2.17 bits per heavy atom. The molecular formula is C17H20FN3O3. The molecule has 128 valence electrons. The second-order valence-corrected chi connectivity index (χ2v) is 5.79. The second kappa shape index (κ2) is 7.55. The van der Waals surface area contributed by atoms with Crippen molar-refractivity contribution in [1.82, 2.24) is 15.4 Å². The first-order valence-corrected chi connectivity index (χ1v) is 7.96. The molecule has 1 aliphatic rings. The summed E-state index contributed by atoms with van der Waals surface area (Å²) in [6.07, 6.45) is 0. The lowest BCUT2D eigenvalue weighted by Crippen LogP contribution is -2.47. The smallest absolute Gasteiger partial charge is 0.289 e. The Morgan fingerprint density at radius 3 is 2.92 bits per heavy atom. The zero-order chi connectivity index (χ0) is 16.9. The van der Waals surface area contributed by atoms with Gasteiger partial charge >= 0.3 is 0 Å². The molecule has 24 heavy (non-hydrogen) atoms. The van der Waals surface area contributed by atoms with Crippen LogP contribution >= 0.6 is 0 Å². The molecule has 1 N–H and O–H groups in total. The predicted octanol–water partition coefficient (Wildman–Crippen LogP) is 1.93. The number of halogens is 1. The zero-order valence-electron chi connectivity index (χ0n) is 13.5. The lowest BCUT2D eigenvalue weighted by molar-refractivity contribution is 0.0203. The summed E-state index contributed by atoms with van der Waals surface area (Å²) >= 11 is 0. The third-order valence-corrected chi connectivity index (χ3v) is 4.08. The van der Waals surface area contributed by atoms with Gasteiger partial charge in [0.1, 0.15) is 11.5 Å². The van der Waals surface area contributed by atoms with Crippen LogP contribution < -0.4 is 5.32 Å². The van der Waals surface area contributed by atoms with E-state index in [2.05, 4.69) is 22.3 Å². The number of carbonyl (C=O) groups is 1. The molecule has 1 aromatic carbocycles. The molecule has 3 rings (SSSR count). The molecule has 1 aliphatic heterocycles. The van der Waals surface area contributed by atoms with Crippen LogP contribution in [-0.2, 0) is 4.74 Å². The van der Waals surface area contributed by atoms with Gasteiger partial charge in [-0.05, 0) is 19.1 Å². The standard InChI is InChI=1S/C17H20FN3O3/c1-12(21-5-7-23-8-6-21)11-19-17(22)16-10-15(20-24-16)13-3-2-4-14(18)9-13/h2-4,9-10,12H,5-8,11H2,1H3,(H,19,22). The van der Waals surface area contributed by atoms with Crippen LogP contribution in [0.5, 0.6) is 0 Å². The number of aromatic nitrogens is 1. The number of morpholine rings is 1. The predicted molar refractivity (Wildman–Crippen MR) is 86.1 cm³/mol. The van der Waals surface area contributed by atoms with E-state index in [4.69, 9.17) is 9.26 Å². The summed E-state index contributed by atoms with van der Waals surface area (Å²) in [6, 6.07) is 7.73. The molecule has 2 heterocycles. The summed E-state index contributed by atoms with van der Waals surface area (Å²) in [5, 5.41) is 6.68. The average molecular weight is 333 g/mol. The first-order chi connectivity index (χ1) is 11.6. The van der Waals surface area contributed by atoms with E-state index in [1.807, 2.05) is 0 Å². The number of nitrogens with one attached hydrogen (secondary N) is 1. The summed E-state index contributed by atoms with van der Waals surface area (Å²) in [6.45, 7) is 5.74. The Morgan fingerprint density at radius 1 is 1.38 bits per heavy atom. The molecule has 1 unspecified atom stereocenters. The number of ether oxygens (including phenoxy) is 1. The fourth-order valence-electron chi connectivity index (χ4n) is 2.64. The van der Waals surface area contributed by atoms with Gasteiger partial charge in [-0.2, -0.15) is 0 Å². The molecule has 6 nitrogen and oxygen atoms in total. The summed E-state index contributed by atoms with van der Waals surface area (Å²) in [5.74, 6) is -0.575. The lowest BCUT2D eigenvalue weighted by atomic mass is 10.1. The van der Waals surface area contributed by atoms with Crippen molar-refractivity contribution in [3.8, 4) is 11.3 Å². The number of hydrogen-bond donors (Lipinski definition) is 1. The third-order valence-electron chi connectivity index (χ3n) is 4.08. The van der Waals surface area contributed by atoms with Gasteiger partial charge in [-0.3, -0.25) is 9.69 Å². The largest absolute Gasteiger partial charge is 0.379 e. The minimum Gasteiger partial charge on any atom is -0.379 e. The van der Waals surface area contributed by atoms with Gasteiger partial charge in [-0.15, -0.1) is 0 Å². The fraction of sp³-hybridized carbons (Fsp3) is 0.412. The summed E-state index contributed by atoms with van der Waals surface area (Å²) < 4.78 is 23.7. The topological polar surface area (TPSA) is 67.6 Å². The quantitative estimate of drug-likeness (QED) is 0.906. The van der Waals surface area contributed by atoms with Gasteiger partial charge in [0, 0.05) is 37.3 Å². The van der Waals surface area contributed by atoms with Crippen LogP contribution in [0.4, 0.5) is 4.39 Å². The van der Waals surface area contributed by atoms with Crippen LogP contribution in [0.3, 0.4) is 0 Å². The van der Waals surface area contributed by atoms with Gasteiger partial charge in [0.25, 0.3) is 5.91 Å². The molecule has 1 saturated heterocycles. The second-order valence-electron chi connectivity index (χ2n) is 5.79. The SMILES string of the molecule is CC(CNC(=O)c1cc(-c2cccc(F)c2)no1)N1CCOCC1. The third kappa shape index (κ3) is 3.98. The number of nitrogens with zero attached hydrogens (tertiary/aromatic N) is 2. The molecule has 0 saturated carbocycles. The van der Waals surface area contributed by atoms with Gasteiger partial charge in [0.2, 0.25) is 5.76 Å². The van der Waals surface area contributed by atoms with E-state index < -0.39 is 0 Å². The maximum absolute atomic E-state index is 13.3. The van der Waals surface area contributed by atoms with Crippen molar-refractivity contribution in [2.45, 2.75) is 13.0 Å². The van der Waals surface area contributed by atoms with Crippen LogP contribution in [0.15, 0.2) is 34.9 Å². The summed E-state index contributed by atoms with van der Waals surface area (Å²) in [5.41, 5.74) is 1.00. The Hall–Kier alpha value is -2.25. The number of benzene rings is 1. The van der Waals surface area contributed by atoms with Crippen LogP contribution in [0.25, 0.3) is 11.3 Å². The lowest BCUT2D eigenvalue weighted by Gasteiger charge is -2.32. The molecule has 0 spiro atoms.